The summed E-state index contributed by atoms with van der Waals surface area (Å²) >= 11 is 0. The van der Waals surface area contributed by atoms with Crippen molar-refractivity contribution < 1.29 is 38.1 Å². The SMILES string of the molecule is C/C(=C/C(=O)OCC(=O)Nc1cccc(Oc2ccccc2)c1)C(=O)OCC(=O)Nc1cccc(Oc2ccccc2)c1. The Morgan fingerprint density at radius 3 is 1.51 bits per heavy atom. The molecule has 0 heterocycles. The summed E-state index contributed by atoms with van der Waals surface area (Å²) in [5, 5.41) is 5.22. The van der Waals surface area contributed by atoms with Gasteiger partial charge in [-0.2, -0.15) is 0 Å². The van der Waals surface area contributed by atoms with Gasteiger partial charge in [-0.05, 0) is 55.5 Å². The number of anilines is 2. The normalized spacial score (nSPS) is 10.7. The van der Waals surface area contributed by atoms with E-state index in [1.54, 1.807) is 72.8 Å². The molecular formula is C33H28N2O8. The number of esters is 2. The number of nitrogens with one attached hydrogen (secondary N) is 2. The Hall–Kier alpha value is -5.90. The molecule has 0 spiro atoms. The predicted octanol–water partition coefficient (Wildman–Crippen LogP) is 5.88. The van der Waals surface area contributed by atoms with Gasteiger partial charge in [0.05, 0.1) is 0 Å². The van der Waals surface area contributed by atoms with Crippen LogP contribution in [0.4, 0.5) is 11.4 Å². The van der Waals surface area contributed by atoms with Gasteiger partial charge in [-0.15, -0.1) is 0 Å². The molecule has 0 fully saturated rings. The largest absolute Gasteiger partial charge is 0.457 e. The summed E-state index contributed by atoms with van der Waals surface area (Å²) in [6.07, 6.45) is 0.881. The van der Waals surface area contributed by atoms with Gasteiger partial charge in [0, 0.05) is 35.2 Å². The van der Waals surface area contributed by atoms with E-state index in [-0.39, 0.29) is 5.57 Å². The zero-order valence-corrected chi connectivity index (χ0v) is 23.1. The Kier molecular flexibility index (Phi) is 10.6. The summed E-state index contributed by atoms with van der Waals surface area (Å²) in [7, 11) is 0. The molecule has 0 aromatic heterocycles. The molecule has 10 nitrogen and oxygen atoms in total. The molecular weight excluding hydrogens is 552 g/mol. The van der Waals surface area contributed by atoms with Crippen molar-refractivity contribution in [2.45, 2.75) is 6.92 Å². The molecule has 2 amide bonds. The fourth-order valence-electron chi connectivity index (χ4n) is 3.58. The van der Waals surface area contributed by atoms with Crippen LogP contribution in [0.15, 0.2) is 121 Å². The van der Waals surface area contributed by atoms with Crippen molar-refractivity contribution >= 4 is 35.1 Å². The van der Waals surface area contributed by atoms with Crippen LogP contribution in [0.3, 0.4) is 0 Å². The van der Waals surface area contributed by atoms with E-state index in [1.165, 1.54) is 6.92 Å². The summed E-state index contributed by atoms with van der Waals surface area (Å²) in [4.78, 5) is 48.9. The van der Waals surface area contributed by atoms with E-state index in [0.29, 0.717) is 34.4 Å². The molecule has 0 aliphatic heterocycles. The van der Waals surface area contributed by atoms with Crippen molar-refractivity contribution in [1.29, 1.82) is 0 Å². The van der Waals surface area contributed by atoms with Crippen LogP contribution in [0.2, 0.25) is 0 Å². The van der Waals surface area contributed by atoms with Crippen LogP contribution in [-0.2, 0) is 28.7 Å². The van der Waals surface area contributed by atoms with Crippen molar-refractivity contribution in [3.05, 3.63) is 121 Å². The smallest absolute Gasteiger partial charge is 0.334 e. The van der Waals surface area contributed by atoms with Gasteiger partial charge in [0.25, 0.3) is 11.8 Å². The highest BCUT2D eigenvalue weighted by Crippen LogP contribution is 2.25. The Morgan fingerprint density at radius 1 is 0.581 bits per heavy atom. The van der Waals surface area contributed by atoms with Crippen molar-refractivity contribution in [2.24, 2.45) is 0 Å². The van der Waals surface area contributed by atoms with E-state index in [4.69, 9.17) is 18.9 Å². The minimum Gasteiger partial charge on any atom is -0.457 e. The molecule has 43 heavy (non-hydrogen) atoms. The van der Waals surface area contributed by atoms with Crippen LogP contribution in [0.1, 0.15) is 6.92 Å². The number of rotatable bonds is 12. The minimum absolute atomic E-state index is 0.109. The van der Waals surface area contributed by atoms with Crippen molar-refractivity contribution in [2.75, 3.05) is 23.8 Å². The first-order chi connectivity index (χ1) is 20.8. The second-order valence-corrected chi connectivity index (χ2v) is 8.99. The highest BCUT2D eigenvalue weighted by atomic mass is 16.5. The maximum absolute atomic E-state index is 12.3. The van der Waals surface area contributed by atoms with Crippen molar-refractivity contribution in [3.63, 3.8) is 0 Å². The number of amides is 2. The maximum Gasteiger partial charge on any atom is 0.334 e. The second-order valence-electron chi connectivity index (χ2n) is 8.99. The lowest BCUT2D eigenvalue weighted by Gasteiger charge is -2.10. The van der Waals surface area contributed by atoms with Crippen LogP contribution in [-0.4, -0.2) is 37.0 Å². The molecule has 0 atom stereocenters. The first-order valence-corrected chi connectivity index (χ1v) is 13.1. The van der Waals surface area contributed by atoms with Gasteiger partial charge in [-0.1, -0.05) is 48.5 Å². The van der Waals surface area contributed by atoms with E-state index < -0.39 is 37.0 Å². The number of hydrogen-bond acceptors (Lipinski definition) is 8. The Balaban J connectivity index is 1.18. The van der Waals surface area contributed by atoms with Crippen LogP contribution in [0.25, 0.3) is 0 Å². The number of hydrogen-bond donors (Lipinski definition) is 2. The summed E-state index contributed by atoms with van der Waals surface area (Å²) in [6.45, 7) is 0.152. The predicted molar refractivity (Wildman–Crippen MR) is 159 cm³/mol. The molecule has 218 valence electrons. The zero-order valence-electron chi connectivity index (χ0n) is 23.1. The Morgan fingerprint density at radius 2 is 1.02 bits per heavy atom. The van der Waals surface area contributed by atoms with Crippen LogP contribution in [0, 0.1) is 0 Å². The Bertz CT molecular complexity index is 1600. The molecule has 0 aliphatic rings. The highest BCUT2D eigenvalue weighted by molar-refractivity contribution is 5.99. The van der Waals surface area contributed by atoms with E-state index in [2.05, 4.69) is 10.6 Å². The third-order valence-electron chi connectivity index (χ3n) is 5.53. The molecule has 2 N–H and O–H groups in total. The molecule has 0 aliphatic carbocycles. The number of para-hydroxylation sites is 2. The molecule has 4 aromatic carbocycles. The third-order valence-corrected chi connectivity index (χ3v) is 5.53. The fourth-order valence-corrected chi connectivity index (χ4v) is 3.58. The monoisotopic (exact) mass is 580 g/mol. The number of benzene rings is 4. The first kappa shape index (κ1) is 30.1. The van der Waals surface area contributed by atoms with Gasteiger partial charge in [0.2, 0.25) is 0 Å². The molecule has 0 saturated heterocycles. The standard InChI is InChI=1S/C33H28N2O8/c1-23(33(39)41-22-31(37)35-25-11-9-17-29(20-25)43-27-14-6-3-7-15-27)18-32(38)40-21-30(36)34-24-10-8-16-28(19-24)42-26-12-4-2-5-13-26/h2-20H,21-22H2,1H3,(H,34,36)(H,35,37)/b23-18-. The molecule has 10 heteroatoms. The van der Waals surface area contributed by atoms with Gasteiger partial charge in [-0.3, -0.25) is 9.59 Å². The van der Waals surface area contributed by atoms with Crippen molar-refractivity contribution in [3.8, 4) is 23.0 Å². The lowest BCUT2D eigenvalue weighted by atomic mass is 10.3. The van der Waals surface area contributed by atoms with Gasteiger partial charge < -0.3 is 29.6 Å². The van der Waals surface area contributed by atoms with Gasteiger partial charge in [-0.25, -0.2) is 9.59 Å². The summed E-state index contributed by atoms with van der Waals surface area (Å²) in [5.41, 5.74) is 0.778. The average Bonchev–Trinajstić information content (AvgIpc) is 3.00. The minimum atomic E-state index is -0.926. The molecule has 0 radical (unpaired) electrons. The van der Waals surface area contributed by atoms with Crippen molar-refractivity contribution in [1.82, 2.24) is 0 Å². The van der Waals surface area contributed by atoms with Crippen LogP contribution >= 0.6 is 0 Å². The number of carbonyl (C=O) groups excluding carboxylic acids is 4. The van der Waals surface area contributed by atoms with E-state index in [0.717, 1.165) is 6.08 Å². The van der Waals surface area contributed by atoms with Crippen LogP contribution in [0.5, 0.6) is 23.0 Å². The van der Waals surface area contributed by atoms with Gasteiger partial charge in [0.15, 0.2) is 13.2 Å². The number of ether oxygens (including phenoxy) is 4. The maximum atomic E-state index is 12.3. The first-order valence-electron chi connectivity index (χ1n) is 13.1. The highest BCUT2D eigenvalue weighted by Gasteiger charge is 2.13. The lowest BCUT2D eigenvalue weighted by molar-refractivity contribution is -0.144. The number of carbonyl (C=O) groups is 4. The molecule has 4 rings (SSSR count). The van der Waals surface area contributed by atoms with E-state index >= 15 is 0 Å². The van der Waals surface area contributed by atoms with Gasteiger partial charge in [0.1, 0.15) is 23.0 Å². The fraction of sp³-hybridized carbons (Fsp3) is 0.0909. The Labute approximate surface area is 247 Å². The molecule has 0 bridgehead atoms. The second kappa shape index (κ2) is 15.2. The van der Waals surface area contributed by atoms with Crippen LogP contribution < -0.4 is 20.1 Å². The third kappa shape index (κ3) is 10.2. The summed E-state index contributed by atoms with van der Waals surface area (Å²) in [6, 6.07) is 31.7. The summed E-state index contributed by atoms with van der Waals surface area (Å²) < 4.78 is 21.4. The van der Waals surface area contributed by atoms with E-state index in [1.807, 2.05) is 36.4 Å². The average molecular weight is 581 g/mol. The van der Waals surface area contributed by atoms with E-state index in [9.17, 15) is 19.2 Å². The molecule has 0 unspecified atom stereocenters. The topological polar surface area (TPSA) is 129 Å². The molecule has 0 saturated carbocycles. The van der Waals surface area contributed by atoms with Gasteiger partial charge >= 0.3 is 11.9 Å². The zero-order chi connectivity index (χ0) is 30.4. The molecule has 4 aromatic rings. The lowest BCUT2D eigenvalue weighted by Crippen LogP contribution is -2.22. The quantitative estimate of drug-likeness (QED) is 0.157. The summed E-state index contributed by atoms with van der Waals surface area (Å²) in [5.74, 6) is -0.695.